The lowest BCUT2D eigenvalue weighted by Gasteiger charge is -2.24. The molecule has 0 amide bonds. The minimum absolute atomic E-state index is 0.165. The van der Waals surface area contributed by atoms with Crippen LogP contribution in [0.5, 0.6) is 0 Å². The lowest BCUT2D eigenvalue weighted by Crippen LogP contribution is -2.35. The molecule has 1 saturated carbocycles. The summed E-state index contributed by atoms with van der Waals surface area (Å²) < 4.78 is 2.32. The summed E-state index contributed by atoms with van der Waals surface area (Å²) in [6, 6.07) is 0.645. The molecule has 0 saturated heterocycles. The van der Waals surface area contributed by atoms with Gasteiger partial charge in [0.15, 0.2) is 0 Å². The second kappa shape index (κ2) is 6.08. The van der Waals surface area contributed by atoms with Crippen molar-refractivity contribution in [2.75, 3.05) is 0 Å². The summed E-state index contributed by atoms with van der Waals surface area (Å²) in [5, 5.41) is 8.26. The number of hydrogen-bond donors (Lipinski definition) is 1. The molecule has 0 aromatic carbocycles. The van der Waals surface area contributed by atoms with Crippen molar-refractivity contribution < 1.29 is 0 Å². The summed E-state index contributed by atoms with van der Waals surface area (Å²) in [6.45, 7) is 9.81. The highest BCUT2D eigenvalue weighted by Crippen LogP contribution is 2.29. The van der Waals surface area contributed by atoms with E-state index in [9.17, 15) is 0 Å². The highest BCUT2D eigenvalue weighted by molar-refractivity contribution is 5.18. The Bertz CT molecular complexity index is 395. The number of aromatic nitrogens is 2. The van der Waals surface area contributed by atoms with E-state index in [0.29, 0.717) is 6.04 Å². The van der Waals surface area contributed by atoms with Crippen LogP contribution in [0, 0.1) is 0 Å². The maximum atomic E-state index is 4.69. The summed E-state index contributed by atoms with van der Waals surface area (Å²) in [5.74, 6) is 0. The smallest absolute Gasteiger partial charge is 0.0537 e. The van der Waals surface area contributed by atoms with E-state index in [0.717, 1.165) is 13.0 Å². The largest absolute Gasteiger partial charge is 0.308 e. The minimum atomic E-state index is 0.165. The van der Waals surface area contributed by atoms with Crippen molar-refractivity contribution in [3.63, 3.8) is 0 Å². The van der Waals surface area contributed by atoms with E-state index in [4.69, 9.17) is 0 Å². The molecule has 19 heavy (non-hydrogen) atoms. The predicted octanol–water partition coefficient (Wildman–Crippen LogP) is 3.84. The molecule has 0 unspecified atom stereocenters. The second-order valence-corrected chi connectivity index (χ2v) is 6.81. The zero-order chi connectivity index (χ0) is 13.9. The third kappa shape index (κ3) is 3.82. The first-order chi connectivity index (χ1) is 9.01. The Balaban J connectivity index is 2.10. The molecule has 3 nitrogen and oxygen atoms in total. The van der Waals surface area contributed by atoms with Crippen LogP contribution < -0.4 is 5.32 Å². The Labute approximate surface area is 117 Å². The Morgan fingerprint density at radius 3 is 2.53 bits per heavy atom. The maximum absolute atomic E-state index is 4.69. The van der Waals surface area contributed by atoms with Gasteiger partial charge in [0.25, 0.3) is 0 Å². The van der Waals surface area contributed by atoms with Gasteiger partial charge in [-0.25, -0.2) is 0 Å². The molecule has 1 N–H and O–H groups in total. The van der Waals surface area contributed by atoms with Crippen LogP contribution in [0.4, 0.5) is 0 Å². The third-order valence-corrected chi connectivity index (χ3v) is 4.05. The zero-order valence-electron chi connectivity index (χ0n) is 13.0. The zero-order valence-corrected chi connectivity index (χ0v) is 13.0. The van der Waals surface area contributed by atoms with E-state index >= 15 is 0 Å². The van der Waals surface area contributed by atoms with Gasteiger partial charge in [0.1, 0.15) is 0 Å². The molecule has 0 radical (unpaired) electrons. The quantitative estimate of drug-likeness (QED) is 0.894. The van der Waals surface area contributed by atoms with E-state index in [1.807, 2.05) is 0 Å². The van der Waals surface area contributed by atoms with Gasteiger partial charge < -0.3 is 5.32 Å². The van der Waals surface area contributed by atoms with Gasteiger partial charge >= 0.3 is 0 Å². The monoisotopic (exact) mass is 263 g/mol. The van der Waals surface area contributed by atoms with Crippen molar-refractivity contribution >= 4 is 0 Å². The van der Waals surface area contributed by atoms with E-state index in [-0.39, 0.29) is 5.54 Å². The predicted molar refractivity (Wildman–Crippen MR) is 80.3 cm³/mol. The van der Waals surface area contributed by atoms with E-state index in [1.54, 1.807) is 0 Å². The molecule has 0 bridgehead atoms. The fourth-order valence-electron chi connectivity index (χ4n) is 2.96. The average Bonchev–Trinajstić information content (AvgIpc) is 2.79. The second-order valence-electron chi connectivity index (χ2n) is 6.81. The van der Waals surface area contributed by atoms with Gasteiger partial charge in [-0.05, 0) is 40.0 Å². The summed E-state index contributed by atoms with van der Waals surface area (Å²) in [6.07, 6.45) is 9.90. The average molecular weight is 263 g/mol. The molecule has 1 aliphatic rings. The van der Waals surface area contributed by atoms with E-state index < -0.39 is 0 Å². The highest BCUT2D eigenvalue weighted by atomic mass is 15.3. The Hall–Kier alpha value is -0.830. The topological polar surface area (TPSA) is 29.9 Å². The fraction of sp³-hybridized carbons (Fsp3) is 0.812. The molecule has 1 heterocycles. The highest BCUT2D eigenvalue weighted by Gasteiger charge is 2.20. The molecule has 0 aliphatic heterocycles. The number of nitrogens with one attached hydrogen (secondary N) is 1. The fourth-order valence-corrected chi connectivity index (χ4v) is 2.96. The van der Waals surface area contributed by atoms with E-state index in [1.165, 1.54) is 43.4 Å². The molecule has 108 valence electrons. The van der Waals surface area contributed by atoms with E-state index in [2.05, 4.69) is 49.0 Å². The van der Waals surface area contributed by atoms with Gasteiger partial charge in [0.05, 0.1) is 12.2 Å². The van der Waals surface area contributed by atoms with Gasteiger partial charge in [-0.1, -0.05) is 26.2 Å². The van der Waals surface area contributed by atoms with Crippen LogP contribution in [0.2, 0.25) is 0 Å². The molecule has 3 heteroatoms. The van der Waals surface area contributed by atoms with Crippen LogP contribution in [0.15, 0.2) is 6.20 Å². The molecular weight excluding hydrogens is 234 g/mol. The maximum Gasteiger partial charge on any atom is 0.0537 e. The van der Waals surface area contributed by atoms with Crippen LogP contribution in [0.3, 0.4) is 0 Å². The lowest BCUT2D eigenvalue weighted by molar-refractivity contribution is 0.322. The summed E-state index contributed by atoms with van der Waals surface area (Å²) in [4.78, 5) is 0. The first-order valence-corrected chi connectivity index (χ1v) is 7.81. The standard InChI is InChI=1S/C16H29N3/c1-5-15-13(11-17-16(2,3)4)12-18-19(15)14-9-7-6-8-10-14/h12,14,17H,5-11H2,1-4H3. The SMILES string of the molecule is CCc1c(CNC(C)(C)C)cnn1C1CCCCC1. The molecule has 1 aromatic rings. The number of hydrogen-bond acceptors (Lipinski definition) is 2. The van der Waals surface area contributed by atoms with Crippen LogP contribution in [-0.2, 0) is 13.0 Å². The normalized spacial score (nSPS) is 17.9. The summed E-state index contributed by atoms with van der Waals surface area (Å²) >= 11 is 0. The molecule has 0 atom stereocenters. The summed E-state index contributed by atoms with van der Waals surface area (Å²) in [7, 11) is 0. The van der Waals surface area contributed by atoms with Crippen LogP contribution in [0.1, 0.15) is 77.1 Å². The Kier molecular flexibility index (Phi) is 4.67. The van der Waals surface area contributed by atoms with Crippen LogP contribution in [0.25, 0.3) is 0 Å². The molecule has 1 aliphatic carbocycles. The van der Waals surface area contributed by atoms with Gasteiger partial charge in [-0.15, -0.1) is 0 Å². The molecular formula is C16H29N3. The molecule has 2 rings (SSSR count). The Morgan fingerprint density at radius 2 is 1.95 bits per heavy atom. The van der Waals surface area contributed by atoms with Crippen molar-refractivity contribution in [3.8, 4) is 0 Å². The third-order valence-electron chi connectivity index (χ3n) is 4.05. The first-order valence-electron chi connectivity index (χ1n) is 7.81. The van der Waals surface area contributed by atoms with Gasteiger partial charge in [-0.2, -0.15) is 5.10 Å². The van der Waals surface area contributed by atoms with Crippen molar-refractivity contribution in [2.24, 2.45) is 0 Å². The molecule has 1 fully saturated rings. The number of nitrogens with zero attached hydrogens (tertiary/aromatic N) is 2. The van der Waals surface area contributed by atoms with Crippen LogP contribution >= 0.6 is 0 Å². The van der Waals surface area contributed by atoms with Gasteiger partial charge in [0.2, 0.25) is 0 Å². The van der Waals surface area contributed by atoms with Gasteiger partial charge in [-0.3, -0.25) is 4.68 Å². The van der Waals surface area contributed by atoms with Crippen molar-refractivity contribution in [3.05, 3.63) is 17.5 Å². The molecule has 1 aromatic heterocycles. The Morgan fingerprint density at radius 1 is 1.26 bits per heavy atom. The molecule has 0 spiro atoms. The van der Waals surface area contributed by atoms with Crippen molar-refractivity contribution in [2.45, 2.75) is 84.3 Å². The number of rotatable bonds is 4. The van der Waals surface area contributed by atoms with Gasteiger partial charge in [0, 0.05) is 23.3 Å². The van der Waals surface area contributed by atoms with Crippen molar-refractivity contribution in [1.29, 1.82) is 0 Å². The first kappa shape index (κ1) is 14.6. The van der Waals surface area contributed by atoms with Crippen LogP contribution in [-0.4, -0.2) is 15.3 Å². The summed E-state index contributed by atoms with van der Waals surface area (Å²) in [5.41, 5.74) is 2.98. The van der Waals surface area contributed by atoms with Crippen molar-refractivity contribution in [1.82, 2.24) is 15.1 Å². The lowest BCUT2D eigenvalue weighted by atomic mass is 9.95. The minimum Gasteiger partial charge on any atom is -0.308 e.